The van der Waals surface area contributed by atoms with Crippen LogP contribution >= 0.6 is 0 Å². The Kier molecular flexibility index (Phi) is 3.43. The number of hydrogen-bond donors (Lipinski definition) is 1. The van der Waals surface area contributed by atoms with Crippen molar-refractivity contribution in [3.8, 4) is 11.5 Å². The molecule has 1 N–H and O–H groups in total. The number of fused-ring (bicyclic) bond motifs is 3. The molecule has 0 unspecified atom stereocenters. The topological polar surface area (TPSA) is 89.6 Å². The monoisotopic (exact) mass is 333 g/mol. The molecular weight excluding hydrogens is 322 g/mol. The average Bonchev–Trinajstić information content (AvgIpc) is 2.62. The molecule has 0 radical (unpaired) electrons. The lowest BCUT2D eigenvalue weighted by Gasteiger charge is -2.08. The minimum absolute atomic E-state index is 0.0669. The predicted octanol–water partition coefficient (Wildman–Crippen LogP) is 3.27. The van der Waals surface area contributed by atoms with E-state index in [1.165, 1.54) is 18.3 Å². The van der Waals surface area contributed by atoms with Crippen LogP contribution < -0.4 is 10.4 Å². The summed E-state index contributed by atoms with van der Waals surface area (Å²) >= 11 is 0. The molecular formula is C19H11NO5. The summed E-state index contributed by atoms with van der Waals surface area (Å²) in [6.45, 7) is 0. The van der Waals surface area contributed by atoms with Crippen LogP contribution in [0.1, 0.15) is 10.4 Å². The SMILES string of the molecule is O=C(Oc1cc(O)c2c(c1)oc(=O)c1ccccc12)c1cccnc1. The summed E-state index contributed by atoms with van der Waals surface area (Å²) < 4.78 is 10.5. The van der Waals surface area contributed by atoms with Gasteiger partial charge in [0.15, 0.2) is 0 Å². The lowest BCUT2D eigenvalue weighted by atomic mass is 10.1. The quantitative estimate of drug-likeness (QED) is 0.262. The van der Waals surface area contributed by atoms with Crippen molar-refractivity contribution in [2.45, 2.75) is 0 Å². The van der Waals surface area contributed by atoms with E-state index in [2.05, 4.69) is 4.98 Å². The van der Waals surface area contributed by atoms with Crippen LogP contribution in [0.25, 0.3) is 21.7 Å². The highest BCUT2D eigenvalue weighted by Crippen LogP contribution is 2.34. The van der Waals surface area contributed by atoms with E-state index in [9.17, 15) is 14.7 Å². The maximum Gasteiger partial charge on any atom is 0.345 e. The Labute approximate surface area is 140 Å². The van der Waals surface area contributed by atoms with Crippen molar-refractivity contribution in [1.82, 2.24) is 4.98 Å². The molecule has 0 bridgehead atoms. The third-order valence-corrected chi connectivity index (χ3v) is 3.78. The first-order valence-electron chi connectivity index (χ1n) is 7.44. The van der Waals surface area contributed by atoms with Crippen molar-refractivity contribution in [3.63, 3.8) is 0 Å². The van der Waals surface area contributed by atoms with Gasteiger partial charge in [-0.15, -0.1) is 0 Å². The van der Waals surface area contributed by atoms with Crippen LogP contribution in [0.3, 0.4) is 0 Å². The van der Waals surface area contributed by atoms with Gasteiger partial charge in [-0.25, -0.2) is 9.59 Å². The highest BCUT2D eigenvalue weighted by molar-refractivity contribution is 6.08. The van der Waals surface area contributed by atoms with Gasteiger partial charge >= 0.3 is 11.6 Å². The van der Waals surface area contributed by atoms with Gasteiger partial charge in [0, 0.05) is 29.9 Å². The predicted molar refractivity (Wildman–Crippen MR) is 90.9 cm³/mol. The summed E-state index contributed by atoms with van der Waals surface area (Å²) in [5, 5.41) is 11.7. The van der Waals surface area contributed by atoms with E-state index in [0.29, 0.717) is 16.2 Å². The average molecular weight is 333 g/mol. The number of carbonyl (C=O) groups is 1. The lowest BCUT2D eigenvalue weighted by molar-refractivity contribution is 0.0734. The molecule has 25 heavy (non-hydrogen) atoms. The third-order valence-electron chi connectivity index (χ3n) is 3.78. The van der Waals surface area contributed by atoms with Crippen molar-refractivity contribution < 1.29 is 19.1 Å². The number of nitrogens with zero attached hydrogens (tertiary/aromatic N) is 1. The number of phenols is 1. The van der Waals surface area contributed by atoms with Gasteiger partial charge in [0.05, 0.1) is 16.3 Å². The van der Waals surface area contributed by atoms with E-state index in [1.807, 2.05) is 0 Å². The summed E-state index contributed by atoms with van der Waals surface area (Å²) in [7, 11) is 0. The molecule has 0 spiro atoms. The Bertz CT molecular complexity index is 1160. The van der Waals surface area contributed by atoms with Gasteiger partial charge in [-0.1, -0.05) is 18.2 Å². The van der Waals surface area contributed by atoms with Crippen molar-refractivity contribution in [1.29, 1.82) is 0 Å². The van der Waals surface area contributed by atoms with Crippen LogP contribution in [0, 0.1) is 0 Å². The van der Waals surface area contributed by atoms with Crippen LogP contribution in [0.2, 0.25) is 0 Å². The van der Waals surface area contributed by atoms with E-state index in [1.54, 1.807) is 42.6 Å². The number of hydrogen-bond acceptors (Lipinski definition) is 6. The largest absolute Gasteiger partial charge is 0.507 e. The smallest absolute Gasteiger partial charge is 0.345 e. The third kappa shape index (κ3) is 2.59. The van der Waals surface area contributed by atoms with Crippen LogP contribution in [0.15, 0.2) is 70.1 Å². The molecule has 0 amide bonds. The van der Waals surface area contributed by atoms with Gasteiger partial charge < -0.3 is 14.3 Å². The fourth-order valence-corrected chi connectivity index (χ4v) is 2.67. The van der Waals surface area contributed by atoms with Gasteiger partial charge in [0.25, 0.3) is 0 Å². The molecule has 2 aromatic heterocycles. The Morgan fingerprint density at radius 2 is 1.88 bits per heavy atom. The molecule has 0 atom stereocenters. The maximum absolute atomic E-state index is 12.1. The molecule has 6 nitrogen and oxygen atoms in total. The normalized spacial score (nSPS) is 10.9. The van der Waals surface area contributed by atoms with Gasteiger partial charge in [0.2, 0.25) is 0 Å². The number of phenolic OH excluding ortho intramolecular Hbond substituents is 1. The molecule has 2 heterocycles. The Morgan fingerprint density at radius 3 is 2.64 bits per heavy atom. The van der Waals surface area contributed by atoms with Crippen LogP contribution in [0.4, 0.5) is 0 Å². The number of rotatable bonds is 2. The van der Waals surface area contributed by atoms with Crippen molar-refractivity contribution in [2.75, 3.05) is 0 Å². The molecule has 122 valence electrons. The highest BCUT2D eigenvalue weighted by atomic mass is 16.5. The molecule has 4 rings (SSSR count). The fraction of sp³-hybridized carbons (Fsp3) is 0. The molecule has 0 aliphatic carbocycles. The summed E-state index contributed by atoms with van der Waals surface area (Å²) in [5.74, 6) is -0.710. The Hall–Kier alpha value is -3.67. The second kappa shape index (κ2) is 5.76. The zero-order valence-electron chi connectivity index (χ0n) is 12.8. The first kappa shape index (κ1) is 14.9. The number of carbonyl (C=O) groups excluding carboxylic acids is 1. The number of pyridine rings is 1. The first-order valence-corrected chi connectivity index (χ1v) is 7.44. The van der Waals surface area contributed by atoms with Gasteiger partial charge in [0.1, 0.15) is 17.1 Å². The second-order valence-corrected chi connectivity index (χ2v) is 5.38. The lowest BCUT2D eigenvalue weighted by Crippen LogP contribution is -2.08. The molecule has 0 aliphatic heterocycles. The van der Waals surface area contributed by atoms with E-state index in [0.717, 1.165) is 0 Å². The van der Waals surface area contributed by atoms with Gasteiger partial charge in [-0.2, -0.15) is 0 Å². The highest BCUT2D eigenvalue weighted by Gasteiger charge is 2.15. The number of esters is 1. The molecule has 0 aliphatic rings. The van der Waals surface area contributed by atoms with Crippen molar-refractivity contribution in [3.05, 3.63) is 76.9 Å². The minimum Gasteiger partial charge on any atom is -0.507 e. The number of aromatic hydroxyl groups is 1. The second-order valence-electron chi connectivity index (χ2n) is 5.38. The number of ether oxygens (including phenoxy) is 1. The fourth-order valence-electron chi connectivity index (χ4n) is 2.67. The summed E-state index contributed by atoms with van der Waals surface area (Å²) in [6, 6.07) is 12.7. The summed E-state index contributed by atoms with van der Waals surface area (Å²) in [6.07, 6.45) is 2.91. The zero-order chi connectivity index (χ0) is 17.4. The Morgan fingerprint density at radius 1 is 1.08 bits per heavy atom. The van der Waals surface area contributed by atoms with Crippen molar-refractivity contribution in [2.24, 2.45) is 0 Å². The van der Waals surface area contributed by atoms with Crippen LogP contribution in [-0.4, -0.2) is 16.1 Å². The van der Waals surface area contributed by atoms with E-state index < -0.39 is 11.6 Å². The molecule has 2 aromatic carbocycles. The van der Waals surface area contributed by atoms with E-state index >= 15 is 0 Å². The van der Waals surface area contributed by atoms with Gasteiger partial charge in [-0.05, 0) is 18.2 Å². The molecule has 0 fully saturated rings. The maximum atomic E-state index is 12.1. The molecule has 6 heteroatoms. The standard InChI is InChI=1S/C19H11NO5/c21-15-8-12(24-18(22)11-4-3-7-20-10-11)9-16-17(15)13-5-1-2-6-14(13)19(23)25-16/h1-10,21H. The first-order chi connectivity index (χ1) is 12.1. The number of aromatic nitrogens is 1. The van der Waals surface area contributed by atoms with E-state index in [-0.39, 0.29) is 22.6 Å². The molecule has 4 aromatic rings. The van der Waals surface area contributed by atoms with Crippen LogP contribution in [-0.2, 0) is 0 Å². The minimum atomic E-state index is -0.630. The number of benzene rings is 2. The van der Waals surface area contributed by atoms with Gasteiger partial charge in [-0.3, -0.25) is 4.98 Å². The van der Waals surface area contributed by atoms with Crippen molar-refractivity contribution >= 4 is 27.7 Å². The molecule has 0 saturated heterocycles. The summed E-state index contributed by atoms with van der Waals surface area (Å²) in [5.41, 5.74) is -0.127. The van der Waals surface area contributed by atoms with Crippen LogP contribution in [0.5, 0.6) is 11.5 Å². The summed E-state index contributed by atoms with van der Waals surface area (Å²) in [4.78, 5) is 28.0. The molecule has 0 saturated carbocycles. The van der Waals surface area contributed by atoms with E-state index in [4.69, 9.17) is 9.15 Å². The zero-order valence-corrected chi connectivity index (χ0v) is 12.8. The Balaban J connectivity index is 1.84.